The molecule has 94 valence electrons. The number of sulfone groups is 1. The number of hydrogen-bond acceptors (Lipinski definition) is 4. The molecule has 0 spiro atoms. The van der Waals surface area contributed by atoms with Gasteiger partial charge in [-0.3, -0.25) is 0 Å². The van der Waals surface area contributed by atoms with Gasteiger partial charge < -0.3 is 4.74 Å². The van der Waals surface area contributed by atoms with Crippen LogP contribution in [0.1, 0.15) is 22.8 Å². The predicted molar refractivity (Wildman–Crippen MR) is 60.2 cm³/mol. The van der Waals surface area contributed by atoms with Gasteiger partial charge in [-0.15, -0.1) is 0 Å². The molecule has 4 nitrogen and oxygen atoms in total. The molecule has 1 aromatic carbocycles. The van der Waals surface area contributed by atoms with Gasteiger partial charge in [-0.25, -0.2) is 17.6 Å². The van der Waals surface area contributed by atoms with E-state index in [4.69, 9.17) is 0 Å². The number of ether oxygens (including phenoxy) is 1. The molecule has 1 aromatic rings. The zero-order valence-electron chi connectivity index (χ0n) is 9.78. The van der Waals surface area contributed by atoms with Gasteiger partial charge in [0.15, 0.2) is 9.84 Å². The van der Waals surface area contributed by atoms with Crippen molar-refractivity contribution in [1.82, 2.24) is 0 Å². The number of rotatable bonds is 3. The fraction of sp³-hybridized carbons (Fsp3) is 0.364. The highest BCUT2D eigenvalue weighted by Gasteiger charge is 2.20. The van der Waals surface area contributed by atoms with Crippen molar-refractivity contribution in [2.24, 2.45) is 0 Å². The molecule has 1 rings (SSSR count). The topological polar surface area (TPSA) is 60.4 Å². The smallest absolute Gasteiger partial charge is 0.338 e. The maximum atomic E-state index is 13.6. The standard InChI is InChI=1S/C11H13FO4S/c1-4-7-5-10(17(3,14)15)9(12)6-8(7)11(13)16-2/h5-6H,4H2,1-3H3. The van der Waals surface area contributed by atoms with Crippen LogP contribution in [0.4, 0.5) is 4.39 Å². The molecule has 0 fully saturated rings. The summed E-state index contributed by atoms with van der Waals surface area (Å²) in [4.78, 5) is 11.0. The van der Waals surface area contributed by atoms with Crippen LogP contribution >= 0.6 is 0 Å². The van der Waals surface area contributed by atoms with Crippen LogP contribution in [0.15, 0.2) is 17.0 Å². The van der Waals surface area contributed by atoms with Gasteiger partial charge in [0.1, 0.15) is 10.7 Å². The fourth-order valence-electron chi connectivity index (χ4n) is 1.47. The summed E-state index contributed by atoms with van der Waals surface area (Å²) in [5.41, 5.74) is 0.499. The van der Waals surface area contributed by atoms with Crippen LogP contribution < -0.4 is 0 Å². The Morgan fingerprint density at radius 2 is 2.00 bits per heavy atom. The lowest BCUT2D eigenvalue weighted by Crippen LogP contribution is -2.09. The Labute approximate surface area is 99.3 Å². The summed E-state index contributed by atoms with van der Waals surface area (Å²) >= 11 is 0. The van der Waals surface area contributed by atoms with Gasteiger partial charge in [0.2, 0.25) is 0 Å². The van der Waals surface area contributed by atoms with E-state index in [1.165, 1.54) is 13.2 Å². The monoisotopic (exact) mass is 260 g/mol. The van der Waals surface area contributed by atoms with Crippen LogP contribution in [-0.4, -0.2) is 27.8 Å². The normalized spacial score (nSPS) is 11.3. The van der Waals surface area contributed by atoms with Crippen LogP contribution in [0.25, 0.3) is 0 Å². The molecule has 0 aliphatic heterocycles. The first-order chi connectivity index (χ1) is 7.81. The van der Waals surface area contributed by atoms with Crippen LogP contribution in [0.5, 0.6) is 0 Å². The summed E-state index contributed by atoms with van der Waals surface area (Å²) in [6, 6.07) is 2.08. The molecule has 0 atom stereocenters. The van der Waals surface area contributed by atoms with E-state index in [0.29, 0.717) is 12.0 Å². The van der Waals surface area contributed by atoms with E-state index in [0.717, 1.165) is 12.3 Å². The minimum atomic E-state index is -3.64. The maximum Gasteiger partial charge on any atom is 0.338 e. The molecule has 0 unspecified atom stereocenters. The molecule has 0 N–H and O–H groups in total. The second-order valence-electron chi connectivity index (χ2n) is 3.56. The molecule has 0 aromatic heterocycles. The number of carbonyl (C=O) groups is 1. The lowest BCUT2D eigenvalue weighted by molar-refractivity contribution is 0.0598. The van der Waals surface area contributed by atoms with Crippen LogP contribution in [0, 0.1) is 5.82 Å². The third kappa shape index (κ3) is 2.82. The Bertz CT molecular complexity index is 549. The number of carbonyl (C=O) groups excluding carboxylic acids is 1. The van der Waals surface area contributed by atoms with Crippen molar-refractivity contribution in [2.45, 2.75) is 18.2 Å². The highest BCUT2D eigenvalue weighted by atomic mass is 32.2. The van der Waals surface area contributed by atoms with Gasteiger partial charge in [-0.1, -0.05) is 6.92 Å². The molecule has 0 aliphatic carbocycles. The Kier molecular flexibility index (Phi) is 3.87. The zero-order valence-corrected chi connectivity index (χ0v) is 10.6. The number of halogens is 1. The van der Waals surface area contributed by atoms with Crippen molar-refractivity contribution in [3.8, 4) is 0 Å². The Hall–Kier alpha value is -1.43. The van der Waals surface area contributed by atoms with Crippen molar-refractivity contribution >= 4 is 15.8 Å². The third-order valence-corrected chi connectivity index (χ3v) is 3.46. The minimum absolute atomic E-state index is 0.0555. The van der Waals surface area contributed by atoms with Crippen molar-refractivity contribution < 1.29 is 22.3 Å². The first-order valence-corrected chi connectivity index (χ1v) is 6.81. The summed E-state index contributed by atoms with van der Waals surface area (Å²) in [5, 5.41) is 0. The molecular weight excluding hydrogens is 247 g/mol. The van der Waals surface area contributed by atoms with E-state index in [1.54, 1.807) is 6.92 Å². The molecule has 0 heterocycles. The second kappa shape index (κ2) is 4.83. The lowest BCUT2D eigenvalue weighted by Gasteiger charge is -2.09. The first kappa shape index (κ1) is 13.6. The number of methoxy groups -OCH3 is 1. The van der Waals surface area contributed by atoms with Gasteiger partial charge in [0.25, 0.3) is 0 Å². The summed E-state index contributed by atoms with van der Waals surface area (Å²) < 4.78 is 40.7. The Morgan fingerprint density at radius 3 is 2.41 bits per heavy atom. The highest BCUT2D eigenvalue weighted by molar-refractivity contribution is 7.90. The fourth-order valence-corrected chi connectivity index (χ4v) is 2.24. The van der Waals surface area contributed by atoms with Crippen LogP contribution in [0.2, 0.25) is 0 Å². The van der Waals surface area contributed by atoms with Crippen molar-refractivity contribution in [3.63, 3.8) is 0 Å². The van der Waals surface area contributed by atoms with Crippen molar-refractivity contribution in [2.75, 3.05) is 13.4 Å². The summed E-state index contributed by atoms with van der Waals surface area (Å²) in [6.07, 6.45) is 1.33. The van der Waals surface area contributed by atoms with E-state index < -0.39 is 26.5 Å². The third-order valence-electron chi connectivity index (χ3n) is 2.34. The molecule has 0 aliphatic rings. The lowest BCUT2D eigenvalue weighted by atomic mass is 10.1. The minimum Gasteiger partial charge on any atom is -0.465 e. The number of esters is 1. The Balaban J connectivity index is 3.51. The summed E-state index contributed by atoms with van der Waals surface area (Å²) in [5.74, 6) is -1.62. The molecule has 0 amide bonds. The highest BCUT2D eigenvalue weighted by Crippen LogP contribution is 2.21. The molecule has 0 radical (unpaired) electrons. The zero-order chi connectivity index (χ0) is 13.2. The quantitative estimate of drug-likeness (QED) is 0.774. The Morgan fingerprint density at radius 1 is 1.41 bits per heavy atom. The SMILES string of the molecule is CCc1cc(S(C)(=O)=O)c(F)cc1C(=O)OC. The molecule has 0 saturated heterocycles. The van der Waals surface area contributed by atoms with E-state index in [1.807, 2.05) is 0 Å². The van der Waals surface area contributed by atoms with E-state index in [2.05, 4.69) is 4.74 Å². The number of benzene rings is 1. The number of aryl methyl sites for hydroxylation is 1. The van der Waals surface area contributed by atoms with Crippen LogP contribution in [-0.2, 0) is 21.0 Å². The summed E-state index contributed by atoms with van der Waals surface area (Å²) in [7, 11) is -2.46. The second-order valence-corrected chi connectivity index (χ2v) is 5.54. The van der Waals surface area contributed by atoms with Gasteiger partial charge >= 0.3 is 5.97 Å². The van der Waals surface area contributed by atoms with Crippen LogP contribution in [0.3, 0.4) is 0 Å². The average molecular weight is 260 g/mol. The molecule has 17 heavy (non-hydrogen) atoms. The van der Waals surface area contributed by atoms with E-state index in [9.17, 15) is 17.6 Å². The van der Waals surface area contributed by atoms with Crippen molar-refractivity contribution in [3.05, 3.63) is 29.1 Å². The van der Waals surface area contributed by atoms with Gasteiger partial charge in [0, 0.05) is 6.26 Å². The number of hydrogen-bond donors (Lipinski definition) is 0. The largest absolute Gasteiger partial charge is 0.465 e. The average Bonchev–Trinajstić information content (AvgIpc) is 2.26. The van der Waals surface area contributed by atoms with Gasteiger partial charge in [-0.2, -0.15) is 0 Å². The molecule has 6 heteroatoms. The van der Waals surface area contributed by atoms with Gasteiger partial charge in [-0.05, 0) is 24.1 Å². The van der Waals surface area contributed by atoms with E-state index >= 15 is 0 Å². The van der Waals surface area contributed by atoms with Gasteiger partial charge in [0.05, 0.1) is 12.7 Å². The molecule has 0 saturated carbocycles. The maximum absolute atomic E-state index is 13.6. The summed E-state index contributed by atoms with van der Waals surface area (Å²) in [6.45, 7) is 1.74. The van der Waals surface area contributed by atoms with Crippen molar-refractivity contribution in [1.29, 1.82) is 0 Å². The first-order valence-electron chi connectivity index (χ1n) is 4.92. The van der Waals surface area contributed by atoms with E-state index in [-0.39, 0.29) is 5.56 Å². The molecule has 0 bridgehead atoms. The predicted octanol–water partition coefficient (Wildman–Crippen LogP) is 1.58. The molecular formula is C11H13FO4S.